The number of carbonyl (C=O) groups excluding carboxylic acids is 1. The Kier molecular flexibility index (Phi) is 5.02. The van der Waals surface area contributed by atoms with Crippen molar-refractivity contribution in [1.82, 2.24) is 9.78 Å². The summed E-state index contributed by atoms with van der Waals surface area (Å²) in [5, 5.41) is 26.1. The van der Waals surface area contributed by atoms with Crippen LogP contribution in [0.5, 0.6) is 0 Å². The van der Waals surface area contributed by atoms with Gasteiger partial charge in [0.15, 0.2) is 5.60 Å². The van der Waals surface area contributed by atoms with Crippen LogP contribution in [0.3, 0.4) is 0 Å². The number of fused-ring (bicyclic) bond motifs is 1. The molecule has 0 aliphatic carbocycles. The number of nitrogens with zero attached hydrogens (tertiary/aromatic N) is 3. The first kappa shape index (κ1) is 20.3. The molecule has 0 saturated heterocycles. The number of nitrogens with one attached hydrogen (secondary N) is 1. The van der Waals surface area contributed by atoms with Crippen LogP contribution in [0.15, 0.2) is 42.6 Å². The van der Waals surface area contributed by atoms with E-state index in [0.717, 1.165) is 12.1 Å². The summed E-state index contributed by atoms with van der Waals surface area (Å²) in [7, 11) is 0. The zero-order valence-corrected chi connectivity index (χ0v) is 15.0. The number of hydrogen-bond donors (Lipinski definition) is 2. The van der Waals surface area contributed by atoms with E-state index in [1.165, 1.54) is 42.1 Å². The van der Waals surface area contributed by atoms with E-state index in [-0.39, 0.29) is 12.2 Å². The topological polar surface area (TPSA) is 90.9 Å². The molecular formula is C19H14F4N4O2. The fourth-order valence-electron chi connectivity index (χ4n) is 2.74. The van der Waals surface area contributed by atoms with E-state index in [9.17, 15) is 27.5 Å². The van der Waals surface area contributed by atoms with Gasteiger partial charge in [0.25, 0.3) is 5.91 Å². The maximum Gasteiger partial charge on any atom is 0.417 e. The fraction of sp³-hybridized carbons (Fsp3) is 0.211. The van der Waals surface area contributed by atoms with Crippen LogP contribution in [0.25, 0.3) is 10.9 Å². The highest BCUT2D eigenvalue weighted by atomic mass is 19.4. The van der Waals surface area contributed by atoms with Crippen LogP contribution in [0, 0.1) is 17.1 Å². The number of aromatic nitrogens is 2. The normalized spacial score (nSPS) is 13.7. The van der Waals surface area contributed by atoms with Gasteiger partial charge in [0.2, 0.25) is 0 Å². The summed E-state index contributed by atoms with van der Waals surface area (Å²) < 4.78 is 53.7. The number of alkyl halides is 3. The van der Waals surface area contributed by atoms with E-state index in [4.69, 9.17) is 5.26 Å². The Labute approximate surface area is 162 Å². The number of nitriles is 1. The second-order valence-corrected chi connectivity index (χ2v) is 6.63. The van der Waals surface area contributed by atoms with E-state index < -0.39 is 34.6 Å². The fourth-order valence-corrected chi connectivity index (χ4v) is 2.74. The van der Waals surface area contributed by atoms with E-state index in [1.807, 2.05) is 0 Å². The molecule has 10 heteroatoms. The monoisotopic (exact) mass is 406 g/mol. The highest BCUT2D eigenvalue weighted by molar-refractivity contribution is 5.97. The number of halogens is 4. The third-order valence-electron chi connectivity index (χ3n) is 4.18. The number of carbonyl (C=O) groups is 1. The molecule has 0 saturated carbocycles. The lowest BCUT2D eigenvalue weighted by atomic mass is 10.0. The van der Waals surface area contributed by atoms with Gasteiger partial charge in [-0.05, 0) is 43.3 Å². The molecule has 1 atom stereocenters. The van der Waals surface area contributed by atoms with Gasteiger partial charge in [-0.1, -0.05) is 0 Å². The Hall–Kier alpha value is -3.45. The van der Waals surface area contributed by atoms with Crippen molar-refractivity contribution in [1.29, 1.82) is 5.26 Å². The van der Waals surface area contributed by atoms with Gasteiger partial charge in [0, 0.05) is 17.3 Å². The van der Waals surface area contributed by atoms with Crippen molar-refractivity contribution in [3.05, 3.63) is 59.5 Å². The lowest BCUT2D eigenvalue weighted by molar-refractivity contribution is -0.138. The Morgan fingerprint density at radius 2 is 2.00 bits per heavy atom. The van der Waals surface area contributed by atoms with Gasteiger partial charge in [-0.2, -0.15) is 23.5 Å². The first-order chi connectivity index (χ1) is 13.5. The summed E-state index contributed by atoms with van der Waals surface area (Å²) in [5.41, 5.74) is -3.60. The molecular weight excluding hydrogens is 392 g/mol. The van der Waals surface area contributed by atoms with Gasteiger partial charge < -0.3 is 10.4 Å². The first-order valence-electron chi connectivity index (χ1n) is 8.27. The number of hydrogen-bond acceptors (Lipinski definition) is 4. The minimum Gasteiger partial charge on any atom is -0.378 e. The lowest BCUT2D eigenvalue weighted by Gasteiger charge is -2.22. The molecule has 1 unspecified atom stereocenters. The molecule has 1 aromatic heterocycles. The van der Waals surface area contributed by atoms with Crippen LogP contribution in [0.1, 0.15) is 18.1 Å². The maximum absolute atomic E-state index is 13.3. The highest BCUT2D eigenvalue weighted by Crippen LogP contribution is 2.33. The SMILES string of the molecule is CC(O)(Cn1cc2cc(F)ccc2n1)C(=O)Nc1ccc(C#N)c(C(F)(F)F)c1. The summed E-state index contributed by atoms with van der Waals surface area (Å²) >= 11 is 0. The van der Waals surface area contributed by atoms with Crippen LogP contribution in [0.4, 0.5) is 23.2 Å². The van der Waals surface area contributed by atoms with Crippen LogP contribution >= 0.6 is 0 Å². The number of benzene rings is 2. The summed E-state index contributed by atoms with van der Waals surface area (Å²) in [4.78, 5) is 12.4. The van der Waals surface area contributed by atoms with Crippen molar-refractivity contribution in [3.63, 3.8) is 0 Å². The zero-order valence-electron chi connectivity index (χ0n) is 15.0. The van der Waals surface area contributed by atoms with Gasteiger partial charge in [-0.25, -0.2) is 4.39 Å². The Bertz CT molecular complexity index is 1130. The highest BCUT2D eigenvalue weighted by Gasteiger charge is 2.35. The van der Waals surface area contributed by atoms with Gasteiger partial charge in [0.1, 0.15) is 5.82 Å². The summed E-state index contributed by atoms with van der Waals surface area (Å²) in [6.07, 6.45) is -3.34. The van der Waals surface area contributed by atoms with Crippen molar-refractivity contribution in [2.45, 2.75) is 25.2 Å². The quantitative estimate of drug-likeness (QED) is 0.650. The number of rotatable bonds is 4. The zero-order chi connectivity index (χ0) is 21.4. The molecule has 0 aliphatic heterocycles. The predicted octanol–water partition coefficient (Wildman–Crippen LogP) is 3.46. The maximum atomic E-state index is 13.3. The molecule has 0 fully saturated rings. The predicted molar refractivity (Wildman–Crippen MR) is 95.1 cm³/mol. The molecule has 1 heterocycles. The molecule has 150 valence electrons. The van der Waals surface area contributed by atoms with E-state index in [2.05, 4.69) is 10.4 Å². The molecule has 0 spiro atoms. The van der Waals surface area contributed by atoms with Gasteiger partial charge in [-0.3, -0.25) is 9.48 Å². The van der Waals surface area contributed by atoms with Gasteiger partial charge >= 0.3 is 6.18 Å². The molecule has 3 rings (SSSR count). The van der Waals surface area contributed by atoms with Crippen molar-refractivity contribution in [2.75, 3.05) is 5.32 Å². The molecule has 3 aromatic rings. The first-order valence-corrected chi connectivity index (χ1v) is 8.27. The Balaban J connectivity index is 1.81. The van der Waals surface area contributed by atoms with Crippen LogP contribution in [-0.4, -0.2) is 26.4 Å². The molecule has 6 nitrogen and oxygen atoms in total. The standard InChI is InChI=1S/C19H14F4N4O2/c1-18(29,10-27-9-12-6-13(20)3-5-16(12)26-27)17(28)25-14-4-2-11(8-24)15(7-14)19(21,22)23/h2-7,9,29H,10H2,1H3,(H,25,28). The van der Waals surface area contributed by atoms with E-state index in [0.29, 0.717) is 17.0 Å². The third kappa shape index (κ3) is 4.35. The molecule has 0 radical (unpaired) electrons. The molecule has 2 N–H and O–H groups in total. The summed E-state index contributed by atoms with van der Waals surface area (Å²) in [5.74, 6) is -1.44. The van der Waals surface area contributed by atoms with E-state index in [1.54, 1.807) is 0 Å². The largest absolute Gasteiger partial charge is 0.417 e. The number of amides is 1. The molecule has 1 amide bonds. The van der Waals surface area contributed by atoms with Crippen molar-refractivity contribution >= 4 is 22.5 Å². The average Bonchev–Trinajstić information content (AvgIpc) is 3.01. The van der Waals surface area contributed by atoms with Crippen LogP contribution in [0.2, 0.25) is 0 Å². The van der Waals surface area contributed by atoms with Crippen molar-refractivity contribution < 1.29 is 27.5 Å². The van der Waals surface area contributed by atoms with E-state index >= 15 is 0 Å². The third-order valence-corrected chi connectivity index (χ3v) is 4.18. The molecule has 29 heavy (non-hydrogen) atoms. The Morgan fingerprint density at radius 3 is 2.66 bits per heavy atom. The van der Waals surface area contributed by atoms with Crippen LogP contribution in [-0.2, 0) is 17.5 Å². The summed E-state index contributed by atoms with van der Waals surface area (Å²) in [6.45, 7) is 0.848. The Morgan fingerprint density at radius 1 is 1.28 bits per heavy atom. The minimum absolute atomic E-state index is 0.228. The van der Waals surface area contributed by atoms with Crippen molar-refractivity contribution in [2.24, 2.45) is 0 Å². The summed E-state index contributed by atoms with van der Waals surface area (Å²) in [6, 6.07) is 8.02. The lowest BCUT2D eigenvalue weighted by Crippen LogP contribution is -2.43. The van der Waals surface area contributed by atoms with Crippen LogP contribution < -0.4 is 5.32 Å². The second kappa shape index (κ2) is 7.18. The molecule has 2 aromatic carbocycles. The number of anilines is 1. The minimum atomic E-state index is -4.78. The molecule has 0 bridgehead atoms. The van der Waals surface area contributed by atoms with Gasteiger partial charge in [-0.15, -0.1) is 0 Å². The molecule has 0 aliphatic rings. The number of aliphatic hydroxyl groups is 1. The van der Waals surface area contributed by atoms with Crippen molar-refractivity contribution in [3.8, 4) is 6.07 Å². The average molecular weight is 406 g/mol. The second-order valence-electron chi connectivity index (χ2n) is 6.63. The van der Waals surface area contributed by atoms with Gasteiger partial charge in [0.05, 0.1) is 29.3 Å². The smallest absolute Gasteiger partial charge is 0.378 e.